The number of thioether (sulfide) groups is 1. The van der Waals surface area contributed by atoms with E-state index in [0.29, 0.717) is 33.1 Å². The third-order valence-electron chi connectivity index (χ3n) is 3.35. The van der Waals surface area contributed by atoms with Crippen molar-refractivity contribution in [3.8, 4) is 5.75 Å². The van der Waals surface area contributed by atoms with Crippen LogP contribution in [0.1, 0.15) is 30.7 Å². The molecule has 0 bridgehead atoms. The number of benzene rings is 1. The number of hydrogen-bond donors (Lipinski definition) is 0. The van der Waals surface area contributed by atoms with Crippen LogP contribution in [0.25, 0.3) is 0 Å². The Labute approximate surface area is 173 Å². The van der Waals surface area contributed by atoms with E-state index in [0.717, 1.165) is 4.68 Å². The van der Waals surface area contributed by atoms with Gasteiger partial charge in [0.2, 0.25) is 11.0 Å². The molecule has 2 heterocycles. The number of halogens is 4. The molecule has 28 heavy (non-hydrogen) atoms. The Kier molecular flexibility index (Phi) is 6.93. The first-order valence-corrected chi connectivity index (χ1v) is 9.79. The van der Waals surface area contributed by atoms with E-state index in [4.69, 9.17) is 32.4 Å². The van der Waals surface area contributed by atoms with Crippen molar-refractivity contribution in [2.45, 2.75) is 25.1 Å². The second-order valence-corrected chi connectivity index (χ2v) is 7.37. The van der Waals surface area contributed by atoms with Crippen LogP contribution in [0, 0.1) is 0 Å². The van der Waals surface area contributed by atoms with Gasteiger partial charge in [-0.2, -0.15) is 9.78 Å². The number of alkyl halides is 2. The molecule has 0 N–H and O–H groups in total. The zero-order valence-corrected chi connectivity index (χ0v) is 16.8. The highest BCUT2D eigenvalue weighted by Crippen LogP contribution is 2.28. The van der Waals surface area contributed by atoms with Crippen molar-refractivity contribution in [3.05, 3.63) is 57.7 Å². The lowest BCUT2D eigenvalue weighted by molar-refractivity contribution is 0.135. The van der Waals surface area contributed by atoms with Gasteiger partial charge in [0.25, 0.3) is 6.43 Å². The van der Waals surface area contributed by atoms with Crippen LogP contribution in [0.3, 0.4) is 0 Å². The number of rotatable bonds is 8. The summed E-state index contributed by atoms with van der Waals surface area (Å²) in [5, 5.41) is 12.4. The molecule has 0 aliphatic carbocycles. The van der Waals surface area contributed by atoms with Crippen molar-refractivity contribution in [1.29, 1.82) is 0 Å². The lowest BCUT2D eigenvalue weighted by Gasteiger charge is -2.06. The number of furan rings is 1. The minimum atomic E-state index is -2.79. The van der Waals surface area contributed by atoms with E-state index in [2.05, 4.69) is 15.3 Å². The summed E-state index contributed by atoms with van der Waals surface area (Å²) < 4.78 is 38.3. The Hall–Kier alpha value is -2.10. The molecule has 3 aromatic rings. The van der Waals surface area contributed by atoms with E-state index in [1.807, 2.05) is 6.92 Å². The Bertz CT molecular complexity index is 978. The minimum absolute atomic E-state index is 0.126. The molecule has 1 aromatic carbocycles. The third-order valence-corrected chi connectivity index (χ3v) is 4.68. The van der Waals surface area contributed by atoms with E-state index in [9.17, 15) is 8.78 Å². The first kappa shape index (κ1) is 20.6. The Morgan fingerprint density at radius 3 is 2.82 bits per heavy atom. The number of ether oxygens (including phenoxy) is 1. The largest absolute Gasteiger partial charge is 0.484 e. The summed E-state index contributed by atoms with van der Waals surface area (Å²) in [6.45, 7) is 2.00. The SMILES string of the molecule is CCSc1nnc(C(F)F)n1/N=C\c1ccc(COc2ccc(Cl)cc2Cl)o1. The van der Waals surface area contributed by atoms with Crippen LogP contribution in [0.15, 0.2) is 45.0 Å². The normalized spacial score (nSPS) is 11.6. The summed E-state index contributed by atoms with van der Waals surface area (Å²) in [6, 6.07) is 8.22. The molecule has 0 aliphatic heterocycles. The average molecular weight is 447 g/mol. The third kappa shape index (κ3) is 5.03. The van der Waals surface area contributed by atoms with Gasteiger partial charge in [-0.1, -0.05) is 41.9 Å². The highest BCUT2D eigenvalue weighted by atomic mass is 35.5. The number of hydrogen-bond acceptors (Lipinski definition) is 6. The molecule has 3 rings (SSSR count). The molecule has 0 saturated heterocycles. The second-order valence-electron chi connectivity index (χ2n) is 5.30. The maximum atomic E-state index is 13.1. The molecule has 0 spiro atoms. The summed E-state index contributed by atoms with van der Waals surface area (Å²) in [7, 11) is 0. The van der Waals surface area contributed by atoms with Crippen molar-refractivity contribution in [2.24, 2.45) is 5.10 Å². The molecule has 11 heteroatoms. The van der Waals surface area contributed by atoms with E-state index in [1.165, 1.54) is 18.0 Å². The first-order valence-electron chi connectivity index (χ1n) is 8.05. The van der Waals surface area contributed by atoms with Crippen molar-refractivity contribution in [1.82, 2.24) is 14.9 Å². The lowest BCUT2D eigenvalue weighted by atomic mass is 10.3. The standard InChI is InChI=1S/C17H14Cl2F2N4O2S/c1-2-28-17-24-23-16(15(20)21)25(17)22-8-11-4-5-12(27-11)9-26-14-6-3-10(18)7-13(14)19/h3-8,15H,2,9H2,1H3/b22-8-. The van der Waals surface area contributed by atoms with Gasteiger partial charge in [-0.15, -0.1) is 10.2 Å². The van der Waals surface area contributed by atoms with Crippen molar-refractivity contribution < 1.29 is 17.9 Å². The number of aromatic nitrogens is 3. The Morgan fingerprint density at radius 1 is 1.29 bits per heavy atom. The predicted octanol–water partition coefficient (Wildman–Crippen LogP) is 5.69. The maximum Gasteiger partial charge on any atom is 0.299 e. The zero-order chi connectivity index (χ0) is 20.1. The van der Waals surface area contributed by atoms with Gasteiger partial charge in [-0.05, 0) is 36.1 Å². The van der Waals surface area contributed by atoms with Gasteiger partial charge >= 0.3 is 0 Å². The monoisotopic (exact) mass is 446 g/mol. The van der Waals surface area contributed by atoms with Crippen molar-refractivity contribution >= 4 is 41.2 Å². The fourth-order valence-corrected chi connectivity index (χ4v) is 3.22. The van der Waals surface area contributed by atoms with Crippen LogP contribution in [-0.2, 0) is 6.61 Å². The molecular weight excluding hydrogens is 433 g/mol. The molecular formula is C17H14Cl2F2N4O2S. The van der Waals surface area contributed by atoms with Crippen LogP contribution in [-0.4, -0.2) is 26.8 Å². The lowest BCUT2D eigenvalue weighted by Crippen LogP contribution is -2.00. The molecule has 0 saturated carbocycles. The maximum absolute atomic E-state index is 13.1. The van der Waals surface area contributed by atoms with E-state index in [-0.39, 0.29) is 11.8 Å². The smallest absolute Gasteiger partial charge is 0.299 e. The van der Waals surface area contributed by atoms with Gasteiger partial charge in [0.1, 0.15) is 23.9 Å². The van der Waals surface area contributed by atoms with Crippen LogP contribution in [0.2, 0.25) is 10.0 Å². The highest BCUT2D eigenvalue weighted by molar-refractivity contribution is 7.99. The molecule has 0 aliphatic rings. The van der Waals surface area contributed by atoms with Crippen molar-refractivity contribution in [3.63, 3.8) is 0 Å². The average Bonchev–Trinajstić information content (AvgIpc) is 3.26. The fourth-order valence-electron chi connectivity index (χ4n) is 2.14. The molecule has 0 unspecified atom stereocenters. The molecule has 0 fully saturated rings. The molecule has 0 radical (unpaired) electrons. The minimum Gasteiger partial charge on any atom is -0.484 e. The zero-order valence-electron chi connectivity index (χ0n) is 14.5. The van der Waals surface area contributed by atoms with Gasteiger partial charge in [0, 0.05) is 5.02 Å². The van der Waals surface area contributed by atoms with Crippen LogP contribution in [0.4, 0.5) is 8.78 Å². The van der Waals surface area contributed by atoms with Crippen molar-refractivity contribution in [2.75, 3.05) is 5.75 Å². The fraction of sp³-hybridized carbons (Fsp3) is 0.235. The number of nitrogens with zero attached hydrogens (tertiary/aromatic N) is 4. The van der Waals surface area contributed by atoms with Gasteiger partial charge in [0.05, 0.1) is 11.2 Å². The van der Waals surface area contributed by atoms with Gasteiger partial charge in [-0.3, -0.25) is 0 Å². The van der Waals surface area contributed by atoms with Gasteiger partial charge < -0.3 is 9.15 Å². The van der Waals surface area contributed by atoms with Gasteiger partial charge in [0.15, 0.2) is 0 Å². The summed E-state index contributed by atoms with van der Waals surface area (Å²) in [5.41, 5.74) is 0. The van der Waals surface area contributed by atoms with Crippen LogP contribution >= 0.6 is 35.0 Å². The molecule has 2 aromatic heterocycles. The molecule has 6 nitrogen and oxygen atoms in total. The Morgan fingerprint density at radius 2 is 2.11 bits per heavy atom. The quantitative estimate of drug-likeness (QED) is 0.328. The molecule has 0 atom stereocenters. The first-order chi connectivity index (χ1) is 13.5. The van der Waals surface area contributed by atoms with Gasteiger partial charge in [-0.25, -0.2) is 8.78 Å². The van der Waals surface area contributed by atoms with E-state index < -0.39 is 12.2 Å². The summed E-state index contributed by atoms with van der Waals surface area (Å²) in [4.78, 5) is 0. The summed E-state index contributed by atoms with van der Waals surface area (Å²) in [5.74, 6) is 1.45. The Balaban J connectivity index is 1.70. The molecule has 148 valence electrons. The summed E-state index contributed by atoms with van der Waals surface area (Å²) >= 11 is 13.2. The van der Waals surface area contributed by atoms with E-state index in [1.54, 1.807) is 30.3 Å². The second kappa shape index (κ2) is 9.40. The predicted molar refractivity (Wildman–Crippen MR) is 104 cm³/mol. The van der Waals surface area contributed by atoms with E-state index >= 15 is 0 Å². The topological polar surface area (TPSA) is 65.4 Å². The molecule has 0 amide bonds. The van der Waals surface area contributed by atoms with Crippen LogP contribution < -0.4 is 4.74 Å². The summed E-state index contributed by atoms with van der Waals surface area (Å²) in [6.07, 6.45) is -1.48. The highest BCUT2D eigenvalue weighted by Gasteiger charge is 2.20. The van der Waals surface area contributed by atoms with Crippen LogP contribution in [0.5, 0.6) is 5.75 Å².